The summed E-state index contributed by atoms with van der Waals surface area (Å²) in [5.41, 5.74) is 0. The molecule has 3 unspecified atom stereocenters. The number of nitrogens with zero attached hydrogens (tertiary/aromatic N) is 2. The van der Waals surface area contributed by atoms with Gasteiger partial charge in [0, 0.05) is 32.1 Å². The number of methoxy groups -OCH3 is 1. The zero-order valence-corrected chi connectivity index (χ0v) is 16.0. The summed E-state index contributed by atoms with van der Waals surface area (Å²) in [5, 5.41) is 0. The quantitative estimate of drug-likeness (QED) is 0.803. The highest BCUT2D eigenvalue weighted by Gasteiger charge is 2.45. The molecule has 1 amide bonds. The second kappa shape index (κ2) is 6.85. The van der Waals surface area contributed by atoms with Crippen LogP contribution in [0.3, 0.4) is 0 Å². The van der Waals surface area contributed by atoms with Gasteiger partial charge >= 0.3 is 0 Å². The number of rotatable bonds is 4. The molecule has 7 heteroatoms. The molecule has 0 aromatic heterocycles. The molecule has 3 atom stereocenters. The van der Waals surface area contributed by atoms with Crippen molar-refractivity contribution in [3.8, 4) is 5.75 Å². The van der Waals surface area contributed by atoms with Crippen molar-refractivity contribution in [1.29, 1.82) is 0 Å². The monoisotopic (exact) mass is 378 g/mol. The van der Waals surface area contributed by atoms with E-state index in [1.165, 1.54) is 23.6 Å². The van der Waals surface area contributed by atoms with Crippen molar-refractivity contribution in [2.24, 2.45) is 17.8 Å². The number of carbonyl (C=O) groups excluding carboxylic acids is 1. The SMILES string of the molecule is COc1ccc(S(=O)(=O)N2CCN(C(=O)C3CC4CCC3C4)CC2)cc1. The fraction of sp³-hybridized carbons (Fsp3) is 0.632. The van der Waals surface area contributed by atoms with Gasteiger partial charge in [0.15, 0.2) is 0 Å². The maximum absolute atomic E-state index is 12.8. The molecule has 2 aliphatic carbocycles. The van der Waals surface area contributed by atoms with Crippen LogP contribution in [0.15, 0.2) is 29.2 Å². The van der Waals surface area contributed by atoms with E-state index < -0.39 is 10.0 Å². The maximum atomic E-state index is 12.8. The first-order valence-electron chi connectivity index (χ1n) is 9.42. The summed E-state index contributed by atoms with van der Waals surface area (Å²) in [5.74, 6) is 2.36. The van der Waals surface area contributed by atoms with E-state index in [4.69, 9.17) is 4.74 Å². The molecule has 26 heavy (non-hydrogen) atoms. The van der Waals surface area contributed by atoms with Gasteiger partial charge in [-0.2, -0.15) is 4.31 Å². The molecule has 0 N–H and O–H groups in total. The highest BCUT2D eigenvalue weighted by atomic mass is 32.2. The Balaban J connectivity index is 1.38. The molecule has 1 aliphatic heterocycles. The standard InChI is InChI=1S/C19H26N2O4S/c1-25-16-4-6-17(7-5-16)26(23,24)21-10-8-20(9-11-21)19(22)18-13-14-2-3-15(18)12-14/h4-7,14-15,18H,2-3,8-13H2,1H3. The van der Waals surface area contributed by atoms with Crippen LogP contribution in [0.2, 0.25) is 0 Å². The Morgan fingerprint density at radius 2 is 1.73 bits per heavy atom. The molecule has 0 spiro atoms. The Labute approximate surface area is 155 Å². The highest BCUT2D eigenvalue weighted by Crippen LogP contribution is 2.48. The van der Waals surface area contributed by atoms with E-state index in [-0.39, 0.29) is 16.7 Å². The molecular weight excluding hydrogens is 352 g/mol. The molecule has 3 fully saturated rings. The van der Waals surface area contributed by atoms with E-state index in [1.54, 1.807) is 31.4 Å². The van der Waals surface area contributed by atoms with Crippen molar-refractivity contribution in [3.05, 3.63) is 24.3 Å². The van der Waals surface area contributed by atoms with Gasteiger partial charge in [-0.05, 0) is 55.4 Å². The van der Waals surface area contributed by atoms with Crippen LogP contribution in [-0.4, -0.2) is 56.8 Å². The molecule has 2 bridgehead atoms. The lowest BCUT2D eigenvalue weighted by Gasteiger charge is -2.36. The highest BCUT2D eigenvalue weighted by molar-refractivity contribution is 7.89. The first-order chi connectivity index (χ1) is 12.5. The molecule has 142 valence electrons. The summed E-state index contributed by atoms with van der Waals surface area (Å²) in [6.45, 7) is 1.70. The van der Waals surface area contributed by atoms with E-state index in [2.05, 4.69) is 0 Å². The van der Waals surface area contributed by atoms with Gasteiger partial charge in [-0.15, -0.1) is 0 Å². The van der Waals surface area contributed by atoms with Gasteiger partial charge in [-0.3, -0.25) is 4.79 Å². The number of ether oxygens (including phenoxy) is 1. The van der Waals surface area contributed by atoms with E-state index >= 15 is 0 Å². The zero-order valence-electron chi connectivity index (χ0n) is 15.1. The fourth-order valence-corrected chi connectivity index (χ4v) is 6.25. The van der Waals surface area contributed by atoms with Gasteiger partial charge in [-0.25, -0.2) is 8.42 Å². The van der Waals surface area contributed by atoms with Crippen molar-refractivity contribution in [2.75, 3.05) is 33.3 Å². The van der Waals surface area contributed by atoms with Crippen LogP contribution in [0, 0.1) is 17.8 Å². The lowest BCUT2D eigenvalue weighted by Crippen LogP contribution is -2.52. The van der Waals surface area contributed by atoms with Crippen molar-refractivity contribution < 1.29 is 17.9 Å². The smallest absolute Gasteiger partial charge is 0.243 e. The Morgan fingerprint density at radius 1 is 1.04 bits per heavy atom. The van der Waals surface area contributed by atoms with E-state index in [0.29, 0.717) is 37.8 Å². The Morgan fingerprint density at radius 3 is 2.27 bits per heavy atom. The summed E-state index contributed by atoms with van der Waals surface area (Å²) in [6, 6.07) is 6.45. The summed E-state index contributed by atoms with van der Waals surface area (Å²) < 4.78 is 32.2. The van der Waals surface area contributed by atoms with Crippen molar-refractivity contribution in [3.63, 3.8) is 0 Å². The van der Waals surface area contributed by atoms with Crippen LogP contribution in [0.5, 0.6) is 5.75 Å². The molecule has 4 rings (SSSR count). The van der Waals surface area contributed by atoms with Crippen LogP contribution in [0.1, 0.15) is 25.7 Å². The molecule has 3 aliphatic rings. The first-order valence-corrected chi connectivity index (χ1v) is 10.9. The topological polar surface area (TPSA) is 66.9 Å². The van der Waals surface area contributed by atoms with Crippen molar-refractivity contribution in [1.82, 2.24) is 9.21 Å². The minimum absolute atomic E-state index is 0.179. The third-order valence-corrected chi connectivity index (χ3v) is 8.22. The van der Waals surface area contributed by atoms with Crippen molar-refractivity contribution in [2.45, 2.75) is 30.6 Å². The zero-order chi connectivity index (χ0) is 18.3. The van der Waals surface area contributed by atoms with Gasteiger partial charge in [0.1, 0.15) is 5.75 Å². The second-order valence-corrected chi connectivity index (χ2v) is 9.62. The average Bonchev–Trinajstić information content (AvgIpc) is 3.31. The molecule has 6 nitrogen and oxygen atoms in total. The van der Waals surface area contributed by atoms with E-state index in [0.717, 1.165) is 12.3 Å². The van der Waals surface area contributed by atoms with Crippen LogP contribution in [0.4, 0.5) is 0 Å². The molecular formula is C19H26N2O4S. The lowest BCUT2D eigenvalue weighted by atomic mass is 9.87. The molecule has 1 aromatic carbocycles. The van der Waals surface area contributed by atoms with Crippen molar-refractivity contribution >= 4 is 15.9 Å². The predicted molar refractivity (Wildman–Crippen MR) is 97.3 cm³/mol. The second-order valence-electron chi connectivity index (χ2n) is 7.69. The summed E-state index contributed by atoms with van der Waals surface area (Å²) in [4.78, 5) is 15.0. The van der Waals surface area contributed by atoms with E-state index in [9.17, 15) is 13.2 Å². The van der Waals surface area contributed by atoms with Gasteiger partial charge in [0.05, 0.1) is 12.0 Å². The number of fused-ring (bicyclic) bond motifs is 2. The Bertz CT molecular complexity index is 769. The third kappa shape index (κ3) is 3.11. The number of hydrogen-bond acceptors (Lipinski definition) is 4. The van der Waals surface area contributed by atoms with E-state index in [1.807, 2.05) is 4.90 Å². The number of sulfonamides is 1. The van der Waals surface area contributed by atoms with Gasteiger partial charge in [0.25, 0.3) is 0 Å². The Kier molecular flexibility index (Phi) is 4.69. The van der Waals surface area contributed by atoms with Crippen LogP contribution in [0.25, 0.3) is 0 Å². The molecule has 0 radical (unpaired) electrons. The minimum atomic E-state index is -3.52. The van der Waals surface area contributed by atoms with Gasteiger partial charge in [-0.1, -0.05) is 6.42 Å². The maximum Gasteiger partial charge on any atom is 0.243 e. The molecule has 1 aromatic rings. The fourth-order valence-electron chi connectivity index (χ4n) is 4.83. The van der Waals surface area contributed by atoms with Crippen LogP contribution >= 0.6 is 0 Å². The summed E-state index contributed by atoms with van der Waals surface area (Å²) in [6.07, 6.45) is 4.71. The van der Waals surface area contributed by atoms with Crippen LogP contribution in [-0.2, 0) is 14.8 Å². The van der Waals surface area contributed by atoms with Gasteiger partial charge in [0.2, 0.25) is 15.9 Å². The number of carbonyl (C=O) groups is 1. The number of piperazine rings is 1. The lowest BCUT2D eigenvalue weighted by molar-refractivity contribution is -0.138. The number of amides is 1. The summed E-state index contributed by atoms with van der Waals surface area (Å²) in [7, 11) is -1.97. The number of benzene rings is 1. The first kappa shape index (κ1) is 17.8. The predicted octanol–water partition coefficient (Wildman–Crippen LogP) is 1.96. The average molecular weight is 378 g/mol. The molecule has 2 saturated carbocycles. The number of hydrogen-bond donors (Lipinski definition) is 0. The minimum Gasteiger partial charge on any atom is -0.497 e. The molecule has 1 saturated heterocycles. The van der Waals surface area contributed by atoms with Gasteiger partial charge < -0.3 is 9.64 Å². The normalized spacial score (nSPS) is 29.1. The summed E-state index contributed by atoms with van der Waals surface area (Å²) >= 11 is 0. The Hall–Kier alpha value is -1.60. The molecule has 1 heterocycles. The largest absolute Gasteiger partial charge is 0.497 e. The van der Waals surface area contributed by atoms with Crippen LogP contribution < -0.4 is 4.74 Å². The third-order valence-electron chi connectivity index (χ3n) is 6.30.